The van der Waals surface area contributed by atoms with E-state index in [1.807, 2.05) is 6.92 Å². The molecule has 4 heteroatoms. The molecule has 28 heavy (non-hydrogen) atoms. The van der Waals surface area contributed by atoms with E-state index in [9.17, 15) is 20.4 Å². The number of aliphatic hydroxyl groups excluding tert-OH is 2. The summed E-state index contributed by atoms with van der Waals surface area (Å²) in [6.07, 6.45) is -0.523. The second-order valence-corrected chi connectivity index (χ2v) is 11.6. The molecule has 0 spiro atoms. The van der Waals surface area contributed by atoms with Gasteiger partial charge >= 0.3 is 0 Å². The SMILES string of the molecule is [2H]C([2H])(CO)C([2H])([2H])[C@]1(O)[C@H]2C[C@H]2[C@H]2[C@@H]3[C@H]4C[C@H]4[C@]4(O)C[C@@H](O)CC[C@]4(C)[C@H]3CC[C@@]21C. The Morgan fingerprint density at radius 2 is 1.68 bits per heavy atom. The first-order valence-corrected chi connectivity index (χ1v) is 11.4. The van der Waals surface area contributed by atoms with Gasteiger partial charge in [-0.1, -0.05) is 13.8 Å². The number of hydrogen-bond donors (Lipinski definition) is 4. The highest BCUT2D eigenvalue weighted by atomic mass is 16.3. The van der Waals surface area contributed by atoms with Gasteiger partial charge in [0.25, 0.3) is 0 Å². The van der Waals surface area contributed by atoms with Gasteiger partial charge in [-0.05, 0) is 104 Å². The Bertz CT molecular complexity index is 854. The lowest BCUT2D eigenvalue weighted by molar-refractivity contribution is -0.237. The van der Waals surface area contributed by atoms with Crippen LogP contribution in [0.3, 0.4) is 0 Å². The normalized spacial score (nSPS) is 69.4. The summed E-state index contributed by atoms with van der Waals surface area (Å²) in [6.45, 7) is 3.24. The van der Waals surface area contributed by atoms with Crippen LogP contribution in [0.4, 0.5) is 0 Å². The standard InChI is InChI=1S/C24H38O4/c1-21-7-4-13(26)12-24(21,28)17-10-14(17)19-16(21)5-8-22(2)20(19)15-11-18(15)23(22,27)6-3-9-25/h13-20,25-28H,3-12H2,1-2H3/t13-,14-,15+,16-,17+,18-,19+,20-,21+,22-,23-,24+/m0/s1/i3D2,6D2. The number of rotatable bonds is 3. The van der Waals surface area contributed by atoms with Crippen molar-refractivity contribution in [2.75, 3.05) is 6.61 Å². The van der Waals surface area contributed by atoms with Crippen LogP contribution in [0.2, 0.25) is 0 Å². The van der Waals surface area contributed by atoms with Crippen molar-refractivity contribution in [3.8, 4) is 0 Å². The van der Waals surface area contributed by atoms with Crippen LogP contribution in [0.15, 0.2) is 0 Å². The second kappa shape index (κ2) is 5.36. The first-order valence-electron chi connectivity index (χ1n) is 13.4. The summed E-state index contributed by atoms with van der Waals surface area (Å²) in [7, 11) is 0. The van der Waals surface area contributed by atoms with E-state index in [2.05, 4.69) is 6.92 Å². The predicted molar refractivity (Wildman–Crippen MR) is 105 cm³/mol. The highest BCUT2D eigenvalue weighted by molar-refractivity contribution is 5.29. The molecule has 158 valence electrons. The van der Waals surface area contributed by atoms with Crippen molar-refractivity contribution in [2.24, 2.45) is 52.3 Å². The molecule has 0 saturated heterocycles. The van der Waals surface area contributed by atoms with Crippen LogP contribution in [0.1, 0.15) is 77.0 Å². The Morgan fingerprint density at radius 1 is 0.964 bits per heavy atom. The molecule has 0 heterocycles. The maximum atomic E-state index is 12.1. The van der Waals surface area contributed by atoms with E-state index in [4.69, 9.17) is 5.48 Å². The summed E-state index contributed by atoms with van der Waals surface area (Å²) in [6, 6.07) is 0. The quantitative estimate of drug-likeness (QED) is 0.593. The second-order valence-electron chi connectivity index (χ2n) is 11.6. The smallest absolute Gasteiger partial charge is 0.0759 e. The van der Waals surface area contributed by atoms with E-state index in [1.165, 1.54) is 0 Å². The lowest BCUT2D eigenvalue weighted by Gasteiger charge is -2.64. The highest BCUT2D eigenvalue weighted by Gasteiger charge is 2.80. The third-order valence-corrected chi connectivity index (χ3v) is 11.0. The number of hydrogen-bond acceptors (Lipinski definition) is 4. The van der Waals surface area contributed by atoms with Gasteiger partial charge in [0.1, 0.15) is 0 Å². The molecule has 6 fully saturated rings. The molecule has 4 N–H and O–H groups in total. The Kier molecular flexibility index (Phi) is 2.83. The van der Waals surface area contributed by atoms with Gasteiger partial charge in [-0.3, -0.25) is 0 Å². The minimum atomic E-state index is -2.55. The van der Waals surface area contributed by atoms with Gasteiger partial charge in [0.15, 0.2) is 0 Å². The van der Waals surface area contributed by atoms with Gasteiger partial charge in [0, 0.05) is 18.5 Å². The molecule has 0 aromatic heterocycles. The van der Waals surface area contributed by atoms with Crippen LogP contribution in [-0.2, 0) is 0 Å². The topological polar surface area (TPSA) is 80.9 Å². The molecule has 6 aliphatic carbocycles. The van der Waals surface area contributed by atoms with Gasteiger partial charge in [-0.15, -0.1) is 0 Å². The van der Waals surface area contributed by atoms with Crippen LogP contribution in [0, 0.1) is 52.3 Å². The molecular formula is C24H38O4. The summed E-state index contributed by atoms with van der Waals surface area (Å²) in [5, 5.41) is 44.0. The molecule has 0 aromatic carbocycles. The summed E-state index contributed by atoms with van der Waals surface area (Å²) in [4.78, 5) is 0. The zero-order valence-electron chi connectivity index (χ0n) is 21.1. The Hall–Kier alpha value is -0.160. The van der Waals surface area contributed by atoms with E-state index in [1.54, 1.807) is 0 Å². The minimum absolute atomic E-state index is 0.115. The van der Waals surface area contributed by atoms with E-state index < -0.39 is 42.1 Å². The zero-order chi connectivity index (χ0) is 23.3. The third-order valence-electron chi connectivity index (χ3n) is 11.0. The van der Waals surface area contributed by atoms with Crippen molar-refractivity contribution >= 4 is 0 Å². The summed E-state index contributed by atoms with van der Waals surface area (Å²) in [5.74, 6) is 1.13. The van der Waals surface area contributed by atoms with Crippen molar-refractivity contribution in [1.82, 2.24) is 0 Å². The van der Waals surface area contributed by atoms with Crippen LogP contribution < -0.4 is 0 Å². The summed E-state index contributed by atoms with van der Waals surface area (Å²) >= 11 is 0. The van der Waals surface area contributed by atoms with Crippen molar-refractivity contribution in [1.29, 1.82) is 0 Å². The van der Waals surface area contributed by atoms with Gasteiger partial charge in [0.05, 0.1) is 17.3 Å². The molecule has 0 amide bonds. The van der Waals surface area contributed by atoms with Crippen LogP contribution in [-0.4, -0.2) is 44.3 Å². The predicted octanol–water partition coefficient (Wildman–Crippen LogP) is 2.72. The average Bonchev–Trinajstić information content (AvgIpc) is 3.62. The molecule has 6 saturated carbocycles. The fourth-order valence-electron chi connectivity index (χ4n) is 9.57. The van der Waals surface area contributed by atoms with Crippen molar-refractivity contribution in [3.05, 3.63) is 0 Å². The molecular weight excluding hydrogens is 352 g/mol. The maximum absolute atomic E-state index is 12.1. The molecule has 6 rings (SSSR count). The molecule has 0 radical (unpaired) electrons. The molecule has 0 aromatic rings. The minimum Gasteiger partial charge on any atom is -0.396 e. The van der Waals surface area contributed by atoms with Gasteiger partial charge in [-0.2, -0.15) is 0 Å². The lowest BCUT2D eigenvalue weighted by atomic mass is 9.42. The van der Waals surface area contributed by atoms with E-state index in [0.717, 1.165) is 25.7 Å². The van der Waals surface area contributed by atoms with Crippen LogP contribution in [0.25, 0.3) is 0 Å². The maximum Gasteiger partial charge on any atom is 0.0759 e. The zero-order valence-corrected chi connectivity index (χ0v) is 17.1. The lowest BCUT2D eigenvalue weighted by Crippen LogP contribution is -2.65. The largest absolute Gasteiger partial charge is 0.396 e. The van der Waals surface area contributed by atoms with E-state index >= 15 is 0 Å². The summed E-state index contributed by atoms with van der Waals surface area (Å²) in [5.41, 5.74) is -3.68. The molecule has 0 bridgehead atoms. The van der Waals surface area contributed by atoms with Crippen LogP contribution >= 0.6 is 0 Å². The molecule has 0 aliphatic heterocycles. The van der Waals surface area contributed by atoms with Crippen LogP contribution in [0.5, 0.6) is 0 Å². The molecule has 12 atom stereocenters. The Balaban J connectivity index is 1.42. The monoisotopic (exact) mass is 394 g/mol. The molecule has 0 unspecified atom stereocenters. The van der Waals surface area contributed by atoms with E-state index in [0.29, 0.717) is 31.1 Å². The van der Waals surface area contributed by atoms with Gasteiger partial charge in [-0.25, -0.2) is 0 Å². The Labute approximate surface area is 174 Å². The molecule has 4 nitrogen and oxygen atoms in total. The third kappa shape index (κ3) is 1.89. The van der Waals surface area contributed by atoms with Crippen molar-refractivity contribution < 1.29 is 25.9 Å². The highest BCUT2D eigenvalue weighted by Crippen LogP contribution is 2.82. The van der Waals surface area contributed by atoms with Gasteiger partial charge < -0.3 is 20.4 Å². The average molecular weight is 395 g/mol. The number of aliphatic hydroxyl groups is 4. The fraction of sp³-hybridized carbons (Fsp3) is 1.00. The van der Waals surface area contributed by atoms with Crippen molar-refractivity contribution in [3.63, 3.8) is 0 Å². The van der Waals surface area contributed by atoms with E-state index in [-0.39, 0.29) is 35.0 Å². The first-order chi connectivity index (χ1) is 14.7. The number of fused-ring (bicyclic) bond motifs is 10. The molecule has 6 aliphatic rings. The fourth-order valence-corrected chi connectivity index (χ4v) is 9.57. The Morgan fingerprint density at radius 3 is 2.43 bits per heavy atom. The van der Waals surface area contributed by atoms with Crippen molar-refractivity contribution in [2.45, 2.75) is 88.8 Å². The summed E-state index contributed by atoms with van der Waals surface area (Å²) < 4.78 is 34.0. The van der Waals surface area contributed by atoms with Gasteiger partial charge in [0.2, 0.25) is 0 Å². The first kappa shape index (κ1) is 14.8.